The van der Waals surface area contributed by atoms with Gasteiger partial charge in [-0.15, -0.1) is 0 Å². The molecule has 1 aliphatic carbocycles. The third kappa shape index (κ3) is 2.64. The number of nitrogens with one attached hydrogen (secondary N) is 1. The van der Waals surface area contributed by atoms with Crippen LogP contribution in [0.1, 0.15) is 27.7 Å². The molecule has 1 aliphatic rings. The van der Waals surface area contributed by atoms with Crippen molar-refractivity contribution in [1.82, 2.24) is 0 Å². The second-order valence-electron chi connectivity index (χ2n) is 7.87. The number of benzene rings is 2. The van der Waals surface area contributed by atoms with Crippen molar-refractivity contribution in [3.05, 3.63) is 54.1 Å². The van der Waals surface area contributed by atoms with E-state index in [0.717, 1.165) is 27.6 Å². The molecule has 3 aromatic rings. The molecule has 0 radical (unpaired) electrons. The fraction of sp³-hybridized carbons (Fsp3) is 0.318. The predicted octanol–water partition coefficient (Wildman–Crippen LogP) is 5.76. The highest BCUT2D eigenvalue weighted by Crippen LogP contribution is 2.59. The van der Waals surface area contributed by atoms with Crippen molar-refractivity contribution in [1.29, 1.82) is 0 Å². The van der Waals surface area contributed by atoms with Crippen molar-refractivity contribution in [2.24, 2.45) is 17.3 Å². The van der Waals surface area contributed by atoms with E-state index in [1.807, 2.05) is 36.4 Å². The highest BCUT2D eigenvalue weighted by molar-refractivity contribution is 6.06. The summed E-state index contributed by atoms with van der Waals surface area (Å²) in [5.41, 5.74) is 3.74. The number of anilines is 1. The second-order valence-corrected chi connectivity index (χ2v) is 7.87. The summed E-state index contributed by atoms with van der Waals surface area (Å²) in [5, 5.41) is 5.24. The van der Waals surface area contributed by atoms with Gasteiger partial charge in [0.25, 0.3) is 0 Å². The molecule has 1 fully saturated rings. The van der Waals surface area contributed by atoms with Gasteiger partial charge in [-0.1, -0.05) is 43.7 Å². The van der Waals surface area contributed by atoms with Crippen molar-refractivity contribution in [2.45, 2.75) is 27.7 Å². The Hall–Kier alpha value is -2.55. The minimum Gasteiger partial charge on any atom is -0.456 e. The van der Waals surface area contributed by atoms with E-state index in [9.17, 15) is 4.79 Å². The molecular weight excluding hydrogens is 310 g/mol. The van der Waals surface area contributed by atoms with Gasteiger partial charge in [-0.25, -0.2) is 0 Å². The van der Waals surface area contributed by atoms with E-state index in [1.165, 1.54) is 5.57 Å². The summed E-state index contributed by atoms with van der Waals surface area (Å²) in [6.45, 7) is 8.48. The lowest BCUT2D eigenvalue weighted by Crippen LogP contribution is -2.16. The average molecular weight is 333 g/mol. The fourth-order valence-electron chi connectivity index (χ4n) is 3.87. The van der Waals surface area contributed by atoms with Crippen LogP contribution < -0.4 is 5.32 Å². The number of hydrogen-bond acceptors (Lipinski definition) is 2. The Bertz CT molecular complexity index is 1010. The van der Waals surface area contributed by atoms with E-state index in [2.05, 4.69) is 45.2 Å². The molecule has 0 unspecified atom stereocenters. The van der Waals surface area contributed by atoms with E-state index in [-0.39, 0.29) is 17.2 Å². The average Bonchev–Trinajstić information content (AvgIpc) is 2.91. The molecule has 3 nitrogen and oxygen atoms in total. The van der Waals surface area contributed by atoms with Crippen molar-refractivity contribution in [3.8, 4) is 0 Å². The number of hydrogen-bond donors (Lipinski definition) is 1. The van der Waals surface area contributed by atoms with Crippen LogP contribution in [0.4, 0.5) is 5.69 Å². The van der Waals surface area contributed by atoms with Crippen LogP contribution in [-0.2, 0) is 4.79 Å². The summed E-state index contributed by atoms with van der Waals surface area (Å²) in [5.74, 6) is 0.421. The monoisotopic (exact) mass is 333 g/mol. The molecule has 0 saturated heterocycles. The van der Waals surface area contributed by atoms with E-state index in [4.69, 9.17) is 4.42 Å². The van der Waals surface area contributed by atoms with E-state index >= 15 is 0 Å². The van der Waals surface area contributed by atoms with Crippen LogP contribution in [0.5, 0.6) is 0 Å². The van der Waals surface area contributed by atoms with Crippen LogP contribution in [0, 0.1) is 17.3 Å². The molecule has 4 rings (SSSR count). The van der Waals surface area contributed by atoms with Crippen LogP contribution in [0.25, 0.3) is 21.9 Å². The first-order chi connectivity index (χ1) is 11.9. The number of para-hydroxylation sites is 1. The number of furan rings is 1. The van der Waals surface area contributed by atoms with Gasteiger partial charge >= 0.3 is 0 Å². The van der Waals surface area contributed by atoms with Gasteiger partial charge in [0.2, 0.25) is 5.91 Å². The van der Waals surface area contributed by atoms with Crippen LogP contribution in [0.3, 0.4) is 0 Å². The number of amides is 1. The summed E-state index contributed by atoms with van der Waals surface area (Å²) in [4.78, 5) is 12.7. The number of allylic oxidation sites excluding steroid dienone is 2. The van der Waals surface area contributed by atoms with Crippen molar-refractivity contribution < 1.29 is 9.21 Å². The van der Waals surface area contributed by atoms with Gasteiger partial charge in [-0.2, -0.15) is 0 Å². The SMILES string of the molecule is CC(C)=C[C@@H]1[C@H](C(=O)Nc2ccc3c(c2)oc2ccccc23)C1(C)C. The largest absolute Gasteiger partial charge is 0.456 e. The van der Waals surface area contributed by atoms with Crippen LogP contribution >= 0.6 is 0 Å². The second kappa shape index (κ2) is 5.48. The number of fused-ring (bicyclic) bond motifs is 3. The van der Waals surface area contributed by atoms with Gasteiger partial charge in [0.1, 0.15) is 11.2 Å². The maximum atomic E-state index is 12.7. The van der Waals surface area contributed by atoms with E-state index in [1.54, 1.807) is 0 Å². The Morgan fingerprint density at radius 2 is 1.80 bits per heavy atom. The Morgan fingerprint density at radius 3 is 2.56 bits per heavy atom. The van der Waals surface area contributed by atoms with Gasteiger partial charge in [0, 0.05) is 22.5 Å². The summed E-state index contributed by atoms with van der Waals surface area (Å²) in [7, 11) is 0. The zero-order chi connectivity index (χ0) is 17.8. The fourth-order valence-corrected chi connectivity index (χ4v) is 3.87. The molecule has 1 aromatic heterocycles. The zero-order valence-electron chi connectivity index (χ0n) is 15.1. The Kier molecular flexibility index (Phi) is 3.50. The third-order valence-electron chi connectivity index (χ3n) is 5.35. The number of carbonyl (C=O) groups is 1. The Morgan fingerprint density at radius 1 is 1.08 bits per heavy atom. The first-order valence-electron chi connectivity index (χ1n) is 8.75. The molecule has 1 saturated carbocycles. The highest BCUT2D eigenvalue weighted by atomic mass is 16.3. The molecule has 1 heterocycles. The molecule has 1 amide bonds. The number of carbonyl (C=O) groups excluding carboxylic acids is 1. The normalized spacial score (nSPS) is 21.3. The maximum Gasteiger partial charge on any atom is 0.228 e. The van der Waals surface area contributed by atoms with E-state index < -0.39 is 0 Å². The molecule has 3 heteroatoms. The molecule has 2 aromatic carbocycles. The summed E-state index contributed by atoms with van der Waals surface area (Å²) in [6.07, 6.45) is 2.21. The first-order valence-corrected chi connectivity index (χ1v) is 8.75. The van der Waals surface area contributed by atoms with Gasteiger partial charge < -0.3 is 9.73 Å². The topological polar surface area (TPSA) is 42.2 Å². The molecular formula is C22H23NO2. The molecule has 1 N–H and O–H groups in total. The molecule has 0 bridgehead atoms. The third-order valence-corrected chi connectivity index (χ3v) is 5.35. The Balaban J connectivity index is 1.60. The summed E-state index contributed by atoms with van der Waals surface area (Å²) >= 11 is 0. The van der Waals surface area contributed by atoms with Crippen LogP contribution in [0.2, 0.25) is 0 Å². The molecule has 2 atom stereocenters. The summed E-state index contributed by atoms with van der Waals surface area (Å²) < 4.78 is 5.90. The lowest BCUT2D eigenvalue weighted by Gasteiger charge is -2.06. The standard InChI is InChI=1S/C22H23NO2/c1-13(2)11-17-20(22(17,3)4)21(24)23-14-9-10-16-15-7-5-6-8-18(15)25-19(16)12-14/h5-12,17,20H,1-4H3,(H,23,24)/t17-,20-/m1/s1. The van der Waals surface area contributed by atoms with E-state index in [0.29, 0.717) is 5.92 Å². The molecule has 25 heavy (non-hydrogen) atoms. The number of rotatable bonds is 3. The van der Waals surface area contributed by atoms with Gasteiger partial charge in [0.15, 0.2) is 0 Å². The predicted molar refractivity (Wildman–Crippen MR) is 103 cm³/mol. The Labute approximate surface area is 147 Å². The summed E-state index contributed by atoms with van der Waals surface area (Å²) in [6, 6.07) is 13.9. The van der Waals surface area contributed by atoms with Crippen LogP contribution in [0.15, 0.2) is 58.5 Å². The van der Waals surface area contributed by atoms with Crippen molar-refractivity contribution >= 4 is 33.5 Å². The minimum atomic E-state index is 0.0187. The molecule has 128 valence electrons. The van der Waals surface area contributed by atoms with Crippen LogP contribution in [-0.4, -0.2) is 5.91 Å². The quantitative estimate of drug-likeness (QED) is 0.619. The molecule has 0 aliphatic heterocycles. The lowest BCUT2D eigenvalue weighted by molar-refractivity contribution is -0.118. The smallest absolute Gasteiger partial charge is 0.228 e. The molecule has 0 spiro atoms. The lowest BCUT2D eigenvalue weighted by atomic mass is 10.1. The minimum absolute atomic E-state index is 0.0187. The maximum absolute atomic E-state index is 12.7. The van der Waals surface area contributed by atoms with Gasteiger partial charge in [-0.05, 0) is 43.4 Å². The first kappa shape index (κ1) is 15.9. The van der Waals surface area contributed by atoms with Crippen molar-refractivity contribution in [3.63, 3.8) is 0 Å². The highest BCUT2D eigenvalue weighted by Gasteiger charge is 2.60. The zero-order valence-corrected chi connectivity index (χ0v) is 15.1. The van der Waals surface area contributed by atoms with Crippen molar-refractivity contribution in [2.75, 3.05) is 5.32 Å². The van der Waals surface area contributed by atoms with Gasteiger partial charge in [0.05, 0.1) is 5.92 Å². The van der Waals surface area contributed by atoms with Gasteiger partial charge in [-0.3, -0.25) is 4.79 Å².